The zero-order chi connectivity index (χ0) is 14.6. The Morgan fingerprint density at radius 2 is 2.05 bits per heavy atom. The Morgan fingerprint density at radius 1 is 1.42 bits per heavy atom. The molecule has 7 heteroatoms. The molecule has 19 heavy (non-hydrogen) atoms. The number of likely N-dealkylation sites (N-methyl/N-ethyl adjacent to an activating group) is 1. The molecule has 0 fully saturated rings. The van der Waals surface area contributed by atoms with E-state index in [1.807, 2.05) is 0 Å². The molecule has 0 aliphatic heterocycles. The van der Waals surface area contributed by atoms with Crippen LogP contribution in [-0.2, 0) is 4.79 Å². The van der Waals surface area contributed by atoms with Crippen molar-refractivity contribution in [3.8, 4) is 5.75 Å². The van der Waals surface area contributed by atoms with Crippen molar-refractivity contribution in [1.29, 1.82) is 0 Å². The molecule has 0 aliphatic rings. The Kier molecular flexibility index (Phi) is 4.44. The van der Waals surface area contributed by atoms with Crippen LogP contribution in [0, 0.1) is 10.1 Å². The van der Waals surface area contributed by atoms with Gasteiger partial charge in [0.2, 0.25) is 5.91 Å². The lowest BCUT2D eigenvalue weighted by atomic mass is 10.0. The van der Waals surface area contributed by atoms with Crippen LogP contribution in [0.2, 0.25) is 0 Å². The van der Waals surface area contributed by atoms with Crippen LogP contribution >= 0.6 is 0 Å². The monoisotopic (exact) mass is 267 g/mol. The number of hydrogen-bond donors (Lipinski definition) is 2. The molecule has 0 aliphatic carbocycles. The van der Waals surface area contributed by atoms with Crippen molar-refractivity contribution >= 4 is 17.3 Å². The molecule has 1 aromatic rings. The second-order valence-electron chi connectivity index (χ2n) is 4.47. The summed E-state index contributed by atoms with van der Waals surface area (Å²) < 4.78 is 4.92. The zero-order valence-corrected chi connectivity index (χ0v) is 11.3. The standard InChI is InChI=1S/C12H17N3O4/c1-12(2,13-3)11(16)14-9-6-5-8(19-4)7-10(9)15(17)18/h5-7,13H,1-4H3,(H,14,16). The number of anilines is 1. The lowest BCUT2D eigenvalue weighted by molar-refractivity contribution is -0.384. The van der Waals surface area contributed by atoms with Gasteiger partial charge in [0.1, 0.15) is 11.4 Å². The van der Waals surface area contributed by atoms with Gasteiger partial charge in [-0.15, -0.1) is 0 Å². The average Bonchev–Trinajstić information content (AvgIpc) is 2.38. The Morgan fingerprint density at radius 3 is 2.53 bits per heavy atom. The van der Waals surface area contributed by atoms with Gasteiger partial charge in [0.25, 0.3) is 5.69 Å². The number of ether oxygens (including phenoxy) is 1. The summed E-state index contributed by atoms with van der Waals surface area (Å²) in [6.45, 7) is 3.36. The molecule has 1 amide bonds. The number of hydrogen-bond acceptors (Lipinski definition) is 5. The van der Waals surface area contributed by atoms with E-state index in [4.69, 9.17) is 4.74 Å². The topological polar surface area (TPSA) is 93.5 Å². The van der Waals surface area contributed by atoms with Crippen LogP contribution in [0.3, 0.4) is 0 Å². The maximum atomic E-state index is 12.0. The number of nitrogens with zero attached hydrogens (tertiary/aromatic N) is 1. The largest absolute Gasteiger partial charge is 0.496 e. The molecule has 2 N–H and O–H groups in total. The number of methoxy groups -OCH3 is 1. The maximum absolute atomic E-state index is 12.0. The van der Waals surface area contributed by atoms with Crippen molar-refractivity contribution in [2.75, 3.05) is 19.5 Å². The SMILES string of the molecule is CNC(C)(C)C(=O)Nc1ccc(OC)cc1[N+](=O)[O-]. The van der Waals surface area contributed by atoms with Crippen LogP contribution in [0.25, 0.3) is 0 Å². The van der Waals surface area contributed by atoms with E-state index in [-0.39, 0.29) is 17.3 Å². The lowest BCUT2D eigenvalue weighted by Gasteiger charge is -2.22. The summed E-state index contributed by atoms with van der Waals surface area (Å²) in [6.07, 6.45) is 0. The fourth-order valence-corrected chi connectivity index (χ4v) is 1.29. The second kappa shape index (κ2) is 5.66. The van der Waals surface area contributed by atoms with Gasteiger partial charge in [-0.3, -0.25) is 14.9 Å². The molecule has 0 spiro atoms. The quantitative estimate of drug-likeness (QED) is 0.623. The van der Waals surface area contributed by atoms with Gasteiger partial charge >= 0.3 is 0 Å². The first-order valence-corrected chi connectivity index (χ1v) is 5.64. The predicted octanol–water partition coefficient (Wildman–Crippen LogP) is 1.54. The van der Waals surface area contributed by atoms with Gasteiger partial charge in [0.05, 0.1) is 23.6 Å². The Bertz CT molecular complexity index is 500. The molecular weight excluding hydrogens is 250 g/mol. The van der Waals surface area contributed by atoms with Gasteiger partial charge in [0, 0.05) is 0 Å². The van der Waals surface area contributed by atoms with Gasteiger partial charge in [-0.1, -0.05) is 0 Å². The van der Waals surface area contributed by atoms with Crippen LogP contribution < -0.4 is 15.4 Å². The lowest BCUT2D eigenvalue weighted by Crippen LogP contribution is -2.47. The fraction of sp³-hybridized carbons (Fsp3) is 0.417. The number of amides is 1. The van der Waals surface area contributed by atoms with Gasteiger partial charge in [-0.25, -0.2) is 0 Å². The van der Waals surface area contributed by atoms with Crippen molar-refractivity contribution in [3.63, 3.8) is 0 Å². The van der Waals surface area contributed by atoms with Crippen LogP contribution in [0.4, 0.5) is 11.4 Å². The average molecular weight is 267 g/mol. The molecule has 1 aromatic carbocycles. The first-order valence-electron chi connectivity index (χ1n) is 5.64. The number of nitro benzene ring substituents is 1. The van der Waals surface area contributed by atoms with E-state index in [1.54, 1.807) is 27.0 Å². The first kappa shape index (κ1) is 14.9. The minimum absolute atomic E-state index is 0.138. The summed E-state index contributed by atoms with van der Waals surface area (Å²) in [4.78, 5) is 22.4. The molecule has 0 atom stereocenters. The van der Waals surface area contributed by atoms with Crippen molar-refractivity contribution < 1.29 is 14.5 Å². The van der Waals surface area contributed by atoms with E-state index >= 15 is 0 Å². The zero-order valence-electron chi connectivity index (χ0n) is 11.3. The summed E-state index contributed by atoms with van der Waals surface area (Å²) in [5.74, 6) is 0.000780. The van der Waals surface area contributed by atoms with Crippen molar-refractivity contribution in [1.82, 2.24) is 5.32 Å². The summed E-state index contributed by atoms with van der Waals surface area (Å²) in [6, 6.07) is 4.26. The van der Waals surface area contributed by atoms with E-state index in [9.17, 15) is 14.9 Å². The van der Waals surface area contributed by atoms with Crippen molar-refractivity contribution in [2.45, 2.75) is 19.4 Å². The number of benzene rings is 1. The van der Waals surface area contributed by atoms with E-state index in [2.05, 4.69) is 10.6 Å². The van der Waals surface area contributed by atoms with Crippen LogP contribution in [0.15, 0.2) is 18.2 Å². The van der Waals surface area contributed by atoms with Crippen molar-refractivity contribution in [3.05, 3.63) is 28.3 Å². The molecule has 0 saturated heterocycles. The van der Waals surface area contributed by atoms with Gasteiger partial charge in [-0.05, 0) is 33.0 Å². The summed E-state index contributed by atoms with van der Waals surface area (Å²) in [5, 5.41) is 16.3. The molecule has 0 radical (unpaired) electrons. The van der Waals surface area contributed by atoms with Crippen LogP contribution in [0.5, 0.6) is 5.75 Å². The summed E-state index contributed by atoms with van der Waals surface area (Å²) in [5.41, 5.74) is -0.896. The molecule has 0 saturated carbocycles. The molecular formula is C12H17N3O4. The molecule has 7 nitrogen and oxygen atoms in total. The van der Waals surface area contributed by atoms with Crippen molar-refractivity contribution in [2.24, 2.45) is 0 Å². The number of carbonyl (C=O) groups excluding carboxylic acids is 1. The number of carbonyl (C=O) groups is 1. The molecule has 104 valence electrons. The van der Waals surface area contributed by atoms with E-state index in [1.165, 1.54) is 19.2 Å². The third-order valence-corrected chi connectivity index (χ3v) is 2.84. The highest BCUT2D eigenvalue weighted by molar-refractivity contribution is 5.99. The normalized spacial score (nSPS) is 10.9. The highest BCUT2D eigenvalue weighted by Gasteiger charge is 2.27. The number of nitrogens with one attached hydrogen (secondary N) is 2. The number of nitro groups is 1. The maximum Gasteiger partial charge on any atom is 0.296 e. The highest BCUT2D eigenvalue weighted by atomic mass is 16.6. The smallest absolute Gasteiger partial charge is 0.296 e. The second-order valence-corrected chi connectivity index (χ2v) is 4.47. The molecule has 0 heterocycles. The Labute approximate surface area is 111 Å². The van der Waals surface area contributed by atoms with Gasteiger partial charge in [0.15, 0.2) is 0 Å². The minimum atomic E-state index is -0.826. The first-order chi connectivity index (χ1) is 8.81. The van der Waals surface area contributed by atoms with Gasteiger partial charge < -0.3 is 15.4 Å². The minimum Gasteiger partial charge on any atom is -0.496 e. The van der Waals surface area contributed by atoms with E-state index in [0.29, 0.717) is 5.75 Å². The van der Waals surface area contributed by atoms with E-state index in [0.717, 1.165) is 0 Å². The third-order valence-electron chi connectivity index (χ3n) is 2.84. The molecule has 0 unspecified atom stereocenters. The number of rotatable bonds is 5. The Hall–Kier alpha value is -2.15. The molecule has 1 rings (SSSR count). The van der Waals surface area contributed by atoms with Gasteiger partial charge in [-0.2, -0.15) is 0 Å². The Balaban J connectivity index is 3.08. The van der Waals surface area contributed by atoms with Crippen LogP contribution in [0.1, 0.15) is 13.8 Å². The summed E-state index contributed by atoms with van der Waals surface area (Å²) >= 11 is 0. The molecule has 0 aromatic heterocycles. The molecule has 0 bridgehead atoms. The fourth-order valence-electron chi connectivity index (χ4n) is 1.29. The third kappa shape index (κ3) is 3.41. The highest BCUT2D eigenvalue weighted by Crippen LogP contribution is 2.29. The predicted molar refractivity (Wildman–Crippen MR) is 71.4 cm³/mol. The van der Waals surface area contributed by atoms with E-state index < -0.39 is 10.5 Å². The summed E-state index contributed by atoms with van der Waals surface area (Å²) in [7, 11) is 3.06. The van der Waals surface area contributed by atoms with Crippen LogP contribution in [-0.4, -0.2) is 30.5 Å².